The molecule has 1 aromatic carbocycles. The summed E-state index contributed by atoms with van der Waals surface area (Å²) >= 11 is 0. The Morgan fingerprint density at radius 2 is 2.30 bits per heavy atom. The van der Waals surface area contributed by atoms with Crippen LogP contribution in [0.4, 0.5) is 0 Å². The van der Waals surface area contributed by atoms with Gasteiger partial charge >= 0.3 is 0 Å². The predicted octanol–water partition coefficient (Wildman–Crippen LogP) is 2.37. The van der Waals surface area contributed by atoms with Gasteiger partial charge in [0.05, 0.1) is 7.11 Å². The Labute approximate surface area is 121 Å². The van der Waals surface area contributed by atoms with Crippen LogP contribution in [0.2, 0.25) is 0 Å². The first kappa shape index (κ1) is 12.7. The molecule has 2 fully saturated rings. The van der Waals surface area contributed by atoms with Crippen molar-refractivity contribution in [3.63, 3.8) is 0 Å². The van der Waals surface area contributed by atoms with Crippen LogP contribution in [-0.4, -0.2) is 37.7 Å². The van der Waals surface area contributed by atoms with Gasteiger partial charge in [-0.25, -0.2) is 0 Å². The number of piperidine rings is 2. The molecule has 0 saturated carbocycles. The van der Waals surface area contributed by atoms with E-state index in [1.54, 1.807) is 7.11 Å². The summed E-state index contributed by atoms with van der Waals surface area (Å²) in [5.41, 5.74) is 3.04. The van der Waals surface area contributed by atoms with Gasteiger partial charge in [-0.15, -0.1) is 0 Å². The molecule has 0 aromatic heterocycles. The monoisotopic (exact) mass is 272 g/mol. The highest BCUT2D eigenvalue weighted by atomic mass is 16.5. The first-order valence-corrected chi connectivity index (χ1v) is 7.99. The molecule has 1 N–H and O–H groups in total. The maximum absolute atomic E-state index is 5.43. The fourth-order valence-corrected chi connectivity index (χ4v) is 4.40. The van der Waals surface area contributed by atoms with Crippen LogP contribution in [0.15, 0.2) is 18.2 Å². The Morgan fingerprint density at radius 1 is 1.35 bits per heavy atom. The van der Waals surface area contributed by atoms with Gasteiger partial charge in [-0.2, -0.15) is 0 Å². The fraction of sp³-hybridized carbons (Fsp3) is 0.647. The zero-order chi connectivity index (χ0) is 13.5. The second kappa shape index (κ2) is 5.05. The molecule has 3 heterocycles. The molecule has 0 unspecified atom stereocenters. The molecule has 3 aliphatic rings. The van der Waals surface area contributed by atoms with Crippen molar-refractivity contribution in [2.75, 3.05) is 26.7 Å². The van der Waals surface area contributed by atoms with E-state index in [0.717, 1.165) is 17.7 Å². The first-order chi connectivity index (χ1) is 9.85. The molecule has 3 heteroatoms. The van der Waals surface area contributed by atoms with E-state index < -0.39 is 0 Å². The molecule has 3 nitrogen and oxygen atoms in total. The average molecular weight is 272 g/mol. The van der Waals surface area contributed by atoms with Crippen molar-refractivity contribution in [2.24, 2.45) is 5.92 Å². The van der Waals surface area contributed by atoms with E-state index in [4.69, 9.17) is 4.74 Å². The Kier molecular flexibility index (Phi) is 3.20. The molecule has 0 bridgehead atoms. The molecule has 20 heavy (non-hydrogen) atoms. The molecule has 3 atom stereocenters. The lowest BCUT2D eigenvalue weighted by Gasteiger charge is -2.49. The summed E-state index contributed by atoms with van der Waals surface area (Å²) in [5.74, 6) is 1.87. The summed E-state index contributed by atoms with van der Waals surface area (Å²) in [5, 5.41) is 3.76. The number of rotatable bonds is 1. The van der Waals surface area contributed by atoms with Crippen LogP contribution >= 0.6 is 0 Å². The Morgan fingerprint density at radius 3 is 3.20 bits per heavy atom. The third-order valence-electron chi connectivity index (χ3n) is 5.49. The van der Waals surface area contributed by atoms with Gasteiger partial charge in [0.15, 0.2) is 0 Å². The van der Waals surface area contributed by atoms with E-state index in [1.165, 1.54) is 56.4 Å². The van der Waals surface area contributed by atoms with Gasteiger partial charge in [0.2, 0.25) is 0 Å². The van der Waals surface area contributed by atoms with E-state index >= 15 is 0 Å². The van der Waals surface area contributed by atoms with Gasteiger partial charge in [-0.1, -0.05) is 6.07 Å². The van der Waals surface area contributed by atoms with Crippen molar-refractivity contribution in [1.29, 1.82) is 0 Å². The lowest BCUT2D eigenvalue weighted by Crippen LogP contribution is -2.54. The van der Waals surface area contributed by atoms with Gasteiger partial charge in [0.1, 0.15) is 5.75 Å². The number of ether oxygens (including phenoxy) is 1. The maximum atomic E-state index is 5.43. The number of methoxy groups -OCH3 is 1. The maximum Gasteiger partial charge on any atom is 0.119 e. The second-order valence-corrected chi connectivity index (χ2v) is 6.52. The van der Waals surface area contributed by atoms with Crippen LogP contribution in [0.1, 0.15) is 36.4 Å². The lowest BCUT2D eigenvalue weighted by atomic mass is 9.77. The van der Waals surface area contributed by atoms with Gasteiger partial charge < -0.3 is 10.1 Å². The van der Waals surface area contributed by atoms with Crippen LogP contribution in [0, 0.1) is 5.92 Å². The number of hydrogen-bond acceptors (Lipinski definition) is 3. The van der Waals surface area contributed by atoms with Crippen LogP contribution < -0.4 is 10.1 Å². The van der Waals surface area contributed by atoms with Crippen molar-refractivity contribution in [2.45, 2.75) is 37.8 Å². The molecular weight excluding hydrogens is 248 g/mol. The number of nitrogens with one attached hydrogen (secondary N) is 1. The zero-order valence-electron chi connectivity index (χ0n) is 12.3. The highest BCUT2D eigenvalue weighted by Crippen LogP contribution is 2.41. The number of nitrogens with zero attached hydrogens (tertiary/aromatic N) is 1. The quantitative estimate of drug-likeness (QED) is 0.849. The number of fused-ring (bicyclic) bond motifs is 4. The summed E-state index contributed by atoms with van der Waals surface area (Å²) in [7, 11) is 1.77. The molecule has 0 amide bonds. The normalized spacial score (nSPS) is 33.0. The minimum Gasteiger partial charge on any atom is -0.497 e. The molecule has 0 spiro atoms. The standard InChI is InChI=1S/C17H24N2O/c1-20-14-5-4-12-6-8-19-11-13-3-2-7-18-16(13)10-17(19)15(12)9-14/h4-5,9,13,16-18H,2-3,6-8,10-11H2,1H3/t13-,16+,17-/m1/s1. The summed E-state index contributed by atoms with van der Waals surface area (Å²) < 4.78 is 5.43. The van der Waals surface area contributed by atoms with Crippen LogP contribution in [0.5, 0.6) is 5.75 Å². The molecule has 4 rings (SSSR count). The van der Waals surface area contributed by atoms with E-state index in [1.807, 2.05) is 0 Å². The summed E-state index contributed by atoms with van der Waals surface area (Å²) in [6.07, 6.45) is 5.22. The van der Waals surface area contributed by atoms with Gasteiger partial charge in [0.25, 0.3) is 0 Å². The summed E-state index contributed by atoms with van der Waals surface area (Å²) in [4.78, 5) is 2.72. The van der Waals surface area contributed by atoms with E-state index in [-0.39, 0.29) is 0 Å². The zero-order valence-corrected chi connectivity index (χ0v) is 12.3. The fourth-order valence-electron chi connectivity index (χ4n) is 4.40. The van der Waals surface area contributed by atoms with E-state index in [9.17, 15) is 0 Å². The topological polar surface area (TPSA) is 24.5 Å². The smallest absolute Gasteiger partial charge is 0.119 e. The van der Waals surface area contributed by atoms with Gasteiger partial charge in [-0.05, 0) is 61.4 Å². The minimum atomic E-state index is 0.598. The molecular formula is C17H24N2O. The summed E-state index contributed by atoms with van der Waals surface area (Å²) in [6, 6.07) is 7.98. The summed E-state index contributed by atoms with van der Waals surface area (Å²) in [6.45, 7) is 3.71. The Hall–Kier alpha value is -1.06. The van der Waals surface area contributed by atoms with Crippen molar-refractivity contribution in [1.82, 2.24) is 10.2 Å². The highest BCUT2D eigenvalue weighted by Gasteiger charge is 2.39. The molecule has 3 aliphatic heterocycles. The average Bonchev–Trinajstić information content (AvgIpc) is 2.52. The first-order valence-electron chi connectivity index (χ1n) is 7.99. The molecule has 0 aliphatic carbocycles. The Bertz CT molecular complexity index is 502. The van der Waals surface area contributed by atoms with Crippen molar-refractivity contribution in [3.8, 4) is 5.75 Å². The van der Waals surface area contributed by atoms with Crippen molar-refractivity contribution >= 4 is 0 Å². The Balaban J connectivity index is 1.65. The van der Waals surface area contributed by atoms with Crippen molar-refractivity contribution < 1.29 is 4.74 Å². The molecule has 108 valence electrons. The van der Waals surface area contributed by atoms with Gasteiger partial charge in [-0.3, -0.25) is 4.90 Å². The van der Waals surface area contributed by atoms with E-state index in [0.29, 0.717) is 6.04 Å². The van der Waals surface area contributed by atoms with Gasteiger partial charge in [0, 0.05) is 25.2 Å². The predicted molar refractivity (Wildman–Crippen MR) is 80.1 cm³/mol. The van der Waals surface area contributed by atoms with Crippen LogP contribution in [0.3, 0.4) is 0 Å². The lowest BCUT2D eigenvalue weighted by molar-refractivity contribution is 0.0551. The number of hydrogen-bond donors (Lipinski definition) is 1. The molecule has 1 aromatic rings. The largest absolute Gasteiger partial charge is 0.497 e. The number of benzene rings is 1. The molecule has 2 saturated heterocycles. The van der Waals surface area contributed by atoms with Crippen LogP contribution in [0.25, 0.3) is 0 Å². The molecule has 0 radical (unpaired) electrons. The van der Waals surface area contributed by atoms with Crippen molar-refractivity contribution in [3.05, 3.63) is 29.3 Å². The van der Waals surface area contributed by atoms with E-state index in [2.05, 4.69) is 28.4 Å². The third-order valence-corrected chi connectivity index (χ3v) is 5.49. The third kappa shape index (κ3) is 2.04. The highest BCUT2D eigenvalue weighted by molar-refractivity contribution is 5.40. The van der Waals surface area contributed by atoms with Crippen LogP contribution in [-0.2, 0) is 6.42 Å². The SMILES string of the molecule is COc1ccc2c(c1)[C@H]1C[C@@H]3NCCC[C@@H]3CN1CC2. The minimum absolute atomic E-state index is 0.598. The second-order valence-electron chi connectivity index (χ2n) is 6.52.